The summed E-state index contributed by atoms with van der Waals surface area (Å²) in [4.78, 5) is 25.5. The number of allylic oxidation sites excluding steroid dienone is 3. The number of hydrogen-bond donors (Lipinski definition) is 2. The van der Waals surface area contributed by atoms with Crippen LogP contribution >= 0.6 is 7.82 Å². The van der Waals surface area contributed by atoms with Gasteiger partial charge in [0.05, 0.1) is 39.9 Å². The summed E-state index contributed by atoms with van der Waals surface area (Å²) in [6.45, 7) is 4.67. The SMILES string of the molecule is CCCCCCCCCCCCCCCCCCCCCCCC/C=C/CC/C=C/C(O)C(COP(=O)([O-])OCC[N+](C)(C)C)NC(=O)CCCCCCCCCCCCCCCCCCC. The molecule has 0 aromatic rings. The summed E-state index contributed by atoms with van der Waals surface area (Å²) in [5.74, 6) is -0.202. The Morgan fingerprint density at radius 1 is 0.507 bits per heavy atom. The lowest BCUT2D eigenvalue weighted by atomic mass is 10.0. The lowest BCUT2D eigenvalue weighted by Crippen LogP contribution is -2.45. The van der Waals surface area contributed by atoms with Crippen molar-refractivity contribution in [2.24, 2.45) is 0 Å². The van der Waals surface area contributed by atoms with E-state index in [1.807, 2.05) is 27.2 Å². The third-order valence-corrected chi connectivity index (χ3v) is 14.4. The van der Waals surface area contributed by atoms with Crippen molar-refractivity contribution in [3.05, 3.63) is 24.3 Å². The molecule has 9 heteroatoms. The molecule has 3 unspecified atom stereocenters. The van der Waals surface area contributed by atoms with Gasteiger partial charge in [0.15, 0.2) is 0 Å². The van der Waals surface area contributed by atoms with Crippen LogP contribution in [0.2, 0.25) is 0 Å². The number of phosphoric ester groups is 1. The largest absolute Gasteiger partial charge is 0.756 e. The van der Waals surface area contributed by atoms with E-state index in [-0.39, 0.29) is 19.1 Å². The normalized spacial score (nSPS) is 14.1. The van der Waals surface area contributed by atoms with Gasteiger partial charge in [-0.25, -0.2) is 0 Å². The van der Waals surface area contributed by atoms with Gasteiger partial charge in [-0.05, 0) is 32.1 Å². The quantitative estimate of drug-likeness (QED) is 0.0272. The number of carbonyl (C=O) groups excluding carboxylic acids is 1. The van der Waals surface area contributed by atoms with E-state index in [0.29, 0.717) is 17.4 Å². The number of hydrogen-bond acceptors (Lipinski definition) is 6. The zero-order chi connectivity index (χ0) is 49.2. The molecule has 0 aromatic carbocycles. The fourth-order valence-electron chi connectivity index (χ4n) is 8.82. The van der Waals surface area contributed by atoms with Crippen LogP contribution in [0.25, 0.3) is 0 Å². The molecule has 0 saturated heterocycles. The van der Waals surface area contributed by atoms with Crippen molar-refractivity contribution in [1.82, 2.24) is 5.32 Å². The minimum Gasteiger partial charge on any atom is -0.756 e. The van der Waals surface area contributed by atoms with Crippen LogP contribution in [0.4, 0.5) is 0 Å². The first-order chi connectivity index (χ1) is 32.5. The number of nitrogens with one attached hydrogen (secondary N) is 1. The molecule has 3 atom stereocenters. The maximum Gasteiger partial charge on any atom is 0.268 e. The predicted octanol–water partition coefficient (Wildman–Crippen LogP) is 17.0. The molecule has 8 nitrogen and oxygen atoms in total. The van der Waals surface area contributed by atoms with E-state index in [1.165, 1.54) is 231 Å². The molecule has 398 valence electrons. The summed E-state index contributed by atoms with van der Waals surface area (Å²) in [6.07, 6.45) is 62.7. The topological polar surface area (TPSA) is 108 Å². The second kappa shape index (κ2) is 49.9. The number of rotatable bonds is 54. The number of aliphatic hydroxyl groups excluding tert-OH is 1. The minimum atomic E-state index is -4.60. The van der Waals surface area contributed by atoms with Crippen LogP contribution in [0.5, 0.6) is 0 Å². The van der Waals surface area contributed by atoms with Gasteiger partial charge >= 0.3 is 0 Å². The van der Waals surface area contributed by atoms with Crippen molar-refractivity contribution in [1.29, 1.82) is 0 Å². The number of nitrogens with zero attached hydrogens (tertiary/aromatic N) is 1. The van der Waals surface area contributed by atoms with Crippen molar-refractivity contribution in [3.8, 4) is 0 Å². The highest BCUT2D eigenvalue weighted by molar-refractivity contribution is 7.45. The van der Waals surface area contributed by atoms with E-state index in [4.69, 9.17) is 9.05 Å². The van der Waals surface area contributed by atoms with Gasteiger partial charge in [0.25, 0.3) is 7.82 Å². The maximum absolute atomic E-state index is 12.9. The summed E-state index contributed by atoms with van der Waals surface area (Å²) in [5.41, 5.74) is 0. The van der Waals surface area contributed by atoms with E-state index in [9.17, 15) is 19.4 Å². The lowest BCUT2D eigenvalue weighted by molar-refractivity contribution is -0.870. The molecular weight excluding hydrogens is 852 g/mol. The Labute approximate surface area is 417 Å². The van der Waals surface area contributed by atoms with Gasteiger partial charge in [-0.3, -0.25) is 9.36 Å². The Kier molecular flexibility index (Phi) is 49.2. The van der Waals surface area contributed by atoms with Crippen LogP contribution in [0.3, 0.4) is 0 Å². The number of phosphoric acid groups is 1. The van der Waals surface area contributed by atoms with Gasteiger partial charge in [-0.15, -0.1) is 0 Å². The van der Waals surface area contributed by atoms with E-state index in [1.54, 1.807) is 6.08 Å². The molecule has 0 saturated carbocycles. The molecule has 0 aliphatic carbocycles. The van der Waals surface area contributed by atoms with Crippen molar-refractivity contribution < 1.29 is 32.9 Å². The Morgan fingerprint density at radius 2 is 0.836 bits per heavy atom. The first-order valence-electron chi connectivity index (χ1n) is 29.2. The Bertz CT molecular complexity index is 1140. The van der Waals surface area contributed by atoms with Gasteiger partial charge in [0, 0.05) is 6.42 Å². The predicted molar refractivity (Wildman–Crippen MR) is 289 cm³/mol. The van der Waals surface area contributed by atoms with Gasteiger partial charge in [-0.1, -0.05) is 276 Å². The first kappa shape index (κ1) is 66.0. The third kappa shape index (κ3) is 52.6. The van der Waals surface area contributed by atoms with Crippen molar-refractivity contribution >= 4 is 13.7 Å². The van der Waals surface area contributed by atoms with Crippen molar-refractivity contribution in [3.63, 3.8) is 0 Å². The average molecular weight is 968 g/mol. The van der Waals surface area contributed by atoms with E-state index in [2.05, 4.69) is 31.3 Å². The van der Waals surface area contributed by atoms with Crippen LogP contribution < -0.4 is 10.2 Å². The number of quaternary nitrogens is 1. The molecule has 67 heavy (non-hydrogen) atoms. The number of likely N-dealkylation sites (N-methyl/N-ethyl adjacent to an activating group) is 1. The number of aliphatic hydroxyl groups is 1. The highest BCUT2D eigenvalue weighted by Crippen LogP contribution is 2.38. The maximum atomic E-state index is 12.9. The second-order valence-corrected chi connectivity index (χ2v) is 22.8. The molecule has 0 aromatic heterocycles. The van der Waals surface area contributed by atoms with Gasteiger partial charge in [0.2, 0.25) is 5.91 Å². The van der Waals surface area contributed by atoms with Crippen molar-refractivity contribution in [2.45, 2.75) is 302 Å². The molecule has 0 aliphatic heterocycles. The molecule has 0 aliphatic rings. The van der Waals surface area contributed by atoms with Gasteiger partial charge in [-0.2, -0.15) is 0 Å². The summed E-state index contributed by atoms with van der Waals surface area (Å²) in [5, 5.41) is 13.9. The highest BCUT2D eigenvalue weighted by atomic mass is 31.2. The highest BCUT2D eigenvalue weighted by Gasteiger charge is 2.23. The molecular formula is C58H115N2O6P. The standard InChI is InChI=1S/C58H115N2O6P/c1-6-8-10-12-14-16-18-20-22-24-25-26-27-28-29-30-31-32-33-34-36-37-39-41-43-45-47-49-51-57(61)56(55-66-67(63,64)65-54-53-60(3,4)5)59-58(62)52-50-48-46-44-42-40-38-35-23-21-19-17-15-13-11-9-7-2/h41,43,49,51,56-57,61H,6-40,42,44-48,50,52-55H2,1-5H3,(H-,59,62,63,64)/b43-41+,51-49+. The van der Waals surface area contributed by atoms with Gasteiger partial charge < -0.3 is 28.8 Å². The molecule has 0 radical (unpaired) electrons. The molecule has 0 rings (SSSR count). The number of carbonyl (C=O) groups is 1. The molecule has 0 fully saturated rings. The smallest absolute Gasteiger partial charge is 0.268 e. The second-order valence-electron chi connectivity index (χ2n) is 21.4. The third-order valence-electron chi connectivity index (χ3n) is 13.4. The Balaban J connectivity index is 4.19. The van der Waals surface area contributed by atoms with E-state index in [0.717, 1.165) is 38.5 Å². The average Bonchev–Trinajstić information content (AvgIpc) is 3.29. The first-order valence-corrected chi connectivity index (χ1v) is 30.7. The summed E-state index contributed by atoms with van der Waals surface area (Å²) >= 11 is 0. The lowest BCUT2D eigenvalue weighted by Gasteiger charge is -2.29. The molecule has 0 heterocycles. The monoisotopic (exact) mass is 967 g/mol. The van der Waals surface area contributed by atoms with Crippen LogP contribution in [0.1, 0.15) is 290 Å². The molecule has 2 N–H and O–H groups in total. The zero-order valence-electron chi connectivity index (χ0n) is 45.4. The molecule has 0 bridgehead atoms. The minimum absolute atomic E-state index is 0.00375. The van der Waals surface area contributed by atoms with E-state index >= 15 is 0 Å². The molecule has 0 spiro atoms. The fraction of sp³-hybridized carbons (Fsp3) is 0.914. The summed E-state index contributed by atoms with van der Waals surface area (Å²) in [6, 6.07) is -0.900. The zero-order valence-corrected chi connectivity index (χ0v) is 46.3. The Hall–Kier alpha value is -1.02. The Morgan fingerprint density at radius 3 is 1.21 bits per heavy atom. The van der Waals surface area contributed by atoms with Crippen LogP contribution in [0, 0.1) is 0 Å². The van der Waals surface area contributed by atoms with Crippen LogP contribution in [-0.2, 0) is 18.4 Å². The fourth-order valence-corrected chi connectivity index (χ4v) is 9.54. The summed E-state index contributed by atoms with van der Waals surface area (Å²) in [7, 11) is 1.26. The van der Waals surface area contributed by atoms with Gasteiger partial charge in [0.1, 0.15) is 13.2 Å². The summed E-state index contributed by atoms with van der Waals surface area (Å²) < 4.78 is 23.3. The molecule has 1 amide bonds. The van der Waals surface area contributed by atoms with Crippen LogP contribution in [-0.4, -0.2) is 68.5 Å². The van der Waals surface area contributed by atoms with Crippen molar-refractivity contribution in [2.75, 3.05) is 40.9 Å². The number of unbranched alkanes of at least 4 members (excludes halogenated alkanes) is 39. The number of amides is 1. The van der Waals surface area contributed by atoms with E-state index < -0.39 is 20.0 Å². The van der Waals surface area contributed by atoms with Crippen LogP contribution in [0.15, 0.2) is 24.3 Å².